The third-order valence-electron chi connectivity index (χ3n) is 8.49. The van der Waals surface area contributed by atoms with Crippen molar-refractivity contribution in [3.63, 3.8) is 0 Å². The molecular formula is C31H41N5O5. The summed E-state index contributed by atoms with van der Waals surface area (Å²) in [6.07, 6.45) is 2.68. The molecule has 2 aliphatic heterocycles. The average molecular weight is 564 g/mol. The van der Waals surface area contributed by atoms with Crippen LogP contribution in [0.15, 0.2) is 30.3 Å². The van der Waals surface area contributed by atoms with Gasteiger partial charge in [-0.3, -0.25) is 9.59 Å². The lowest BCUT2D eigenvalue weighted by Crippen LogP contribution is -2.38. The smallest absolute Gasteiger partial charge is 0.306 e. The molecule has 3 heterocycles. The highest BCUT2D eigenvalue weighted by Crippen LogP contribution is 2.35. The average Bonchev–Trinajstić information content (AvgIpc) is 3.40. The number of hydrogen-bond donors (Lipinski definition) is 2. The number of esters is 1. The lowest BCUT2D eigenvalue weighted by Gasteiger charge is -2.29. The Balaban J connectivity index is 1.25. The number of likely N-dealkylation sites (tertiary alicyclic amines) is 1. The van der Waals surface area contributed by atoms with Crippen LogP contribution in [0, 0.1) is 12.8 Å². The number of ether oxygens (including phenoxy) is 2. The van der Waals surface area contributed by atoms with Gasteiger partial charge in [-0.25, -0.2) is 4.68 Å². The largest absolute Gasteiger partial charge is 0.481 e. The molecule has 220 valence electrons. The van der Waals surface area contributed by atoms with Crippen molar-refractivity contribution < 1.29 is 24.2 Å². The first-order chi connectivity index (χ1) is 19.9. The molecule has 41 heavy (non-hydrogen) atoms. The number of carbonyl (C=O) groups is 2. The van der Waals surface area contributed by atoms with E-state index >= 15 is 0 Å². The minimum absolute atomic E-state index is 0.139. The number of carboxylic acid groups (broad SMARTS) is 1. The molecule has 3 aromatic rings. The van der Waals surface area contributed by atoms with Crippen molar-refractivity contribution in [1.29, 1.82) is 0 Å². The Morgan fingerprint density at radius 2 is 1.93 bits per heavy atom. The standard InChI is InChI=1S/C31H41N5O5/c1-3-41-29(37)19-27(24-5-4-22-8-11-32-20-25(22)18-24)26-6-7-28-30(21(26)2)33-34-36(28)15-17-40-16-14-35-12-9-23(10-13-35)31(38)39/h4-7,18,23,27,32H,3,8-17,19-20H2,1-2H3,(H,38,39). The number of aliphatic carboxylic acids is 1. The molecule has 5 rings (SSSR count). The Kier molecular flexibility index (Phi) is 9.64. The van der Waals surface area contributed by atoms with Crippen LogP contribution in [0.1, 0.15) is 59.9 Å². The fraction of sp³-hybridized carbons (Fsp3) is 0.548. The molecular weight excluding hydrogens is 522 g/mol. The van der Waals surface area contributed by atoms with Crippen molar-refractivity contribution in [3.05, 3.63) is 58.1 Å². The molecule has 0 amide bonds. The summed E-state index contributed by atoms with van der Waals surface area (Å²) in [5, 5.41) is 21.5. The van der Waals surface area contributed by atoms with Crippen LogP contribution in [0.5, 0.6) is 0 Å². The van der Waals surface area contributed by atoms with E-state index in [9.17, 15) is 9.59 Å². The van der Waals surface area contributed by atoms with E-state index in [0.717, 1.165) is 66.9 Å². The summed E-state index contributed by atoms with van der Waals surface area (Å²) >= 11 is 0. The summed E-state index contributed by atoms with van der Waals surface area (Å²) in [4.78, 5) is 26.1. The number of nitrogens with zero attached hydrogens (tertiary/aromatic N) is 4. The second kappa shape index (κ2) is 13.5. The van der Waals surface area contributed by atoms with Gasteiger partial charge in [0.25, 0.3) is 0 Å². The van der Waals surface area contributed by atoms with Crippen molar-refractivity contribution in [1.82, 2.24) is 25.2 Å². The molecule has 2 N–H and O–H groups in total. The van der Waals surface area contributed by atoms with Crippen molar-refractivity contribution in [2.24, 2.45) is 5.92 Å². The molecule has 0 aliphatic carbocycles. The highest BCUT2D eigenvalue weighted by Gasteiger charge is 2.25. The van der Waals surface area contributed by atoms with Crippen LogP contribution in [-0.2, 0) is 38.6 Å². The van der Waals surface area contributed by atoms with Crippen LogP contribution in [0.4, 0.5) is 0 Å². The molecule has 10 nitrogen and oxygen atoms in total. The van der Waals surface area contributed by atoms with Crippen molar-refractivity contribution in [3.8, 4) is 0 Å². The second-order valence-corrected chi connectivity index (χ2v) is 11.0. The zero-order chi connectivity index (χ0) is 28.8. The molecule has 0 radical (unpaired) electrons. The highest BCUT2D eigenvalue weighted by molar-refractivity contribution is 5.80. The fourth-order valence-electron chi connectivity index (χ4n) is 6.09. The summed E-state index contributed by atoms with van der Waals surface area (Å²) in [7, 11) is 0. The molecule has 2 aliphatic rings. The maximum absolute atomic E-state index is 12.7. The number of fused-ring (bicyclic) bond motifs is 2. The number of carboxylic acids is 1. The van der Waals surface area contributed by atoms with Gasteiger partial charge >= 0.3 is 11.9 Å². The molecule has 1 aromatic heterocycles. The molecule has 2 aromatic carbocycles. The predicted molar refractivity (Wildman–Crippen MR) is 155 cm³/mol. The zero-order valence-corrected chi connectivity index (χ0v) is 24.1. The number of hydrogen-bond acceptors (Lipinski definition) is 8. The monoisotopic (exact) mass is 563 g/mol. The predicted octanol–water partition coefficient (Wildman–Crippen LogP) is 3.28. The molecule has 1 fully saturated rings. The third kappa shape index (κ3) is 6.94. The zero-order valence-electron chi connectivity index (χ0n) is 24.1. The lowest BCUT2D eigenvalue weighted by atomic mass is 9.83. The Morgan fingerprint density at radius 3 is 2.71 bits per heavy atom. The first-order valence-electron chi connectivity index (χ1n) is 14.8. The van der Waals surface area contributed by atoms with Gasteiger partial charge in [0, 0.05) is 19.0 Å². The maximum Gasteiger partial charge on any atom is 0.306 e. The van der Waals surface area contributed by atoms with Crippen LogP contribution in [0.3, 0.4) is 0 Å². The molecule has 1 saturated heterocycles. The molecule has 0 bridgehead atoms. The summed E-state index contributed by atoms with van der Waals surface area (Å²) < 4.78 is 13.1. The van der Waals surface area contributed by atoms with Gasteiger partial charge in [0.2, 0.25) is 0 Å². The first-order valence-corrected chi connectivity index (χ1v) is 14.8. The Bertz CT molecular complexity index is 1360. The Hall–Kier alpha value is -3.34. The molecule has 1 atom stereocenters. The summed E-state index contributed by atoms with van der Waals surface area (Å²) in [5.74, 6) is -1.25. The third-order valence-corrected chi connectivity index (χ3v) is 8.49. The molecule has 1 unspecified atom stereocenters. The summed E-state index contributed by atoms with van der Waals surface area (Å²) in [6.45, 7) is 10.2. The Morgan fingerprint density at radius 1 is 1.12 bits per heavy atom. The van der Waals surface area contributed by atoms with Crippen LogP contribution >= 0.6 is 0 Å². The normalized spacial score (nSPS) is 16.9. The second-order valence-electron chi connectivity index (χ2n) is 11.0. The van der Waals surface area contributed by atoms with Gasteiger partial charge in [0.05, 0.1) is 44.2 Å². The van der Waals surface area contributed by atoms with Gasteiger partial charge < -0.3 is 24.8 Å². The number of rotatable bonds is 12. The van der Waals surface area contributed by atoms with Crippen molar-refractivity contribution >= 4 is 23.0 Å². The Labute approximate surface area is 241 Å². The van der Waals surface area contributed by atoms with Crippen molar-refractivity contribution in [2.75, 3.05) is 46.0 Å². The first kappa shape index (κ1) is 29.2. The van der Waals surface area contributed by atoms with Gasteiger partial charge in [0.15, 0.2) is 0 Å². The number of nitrogens with one attached hydrogen (secondary N) is 1. The SMILES string of the molecule is CCOC(=O)CC(c1ccc2c(c1)CNCC2)c1ccc2c(nnn2CCOCCN2CCC(C(=O)O)CC2)c1C. The van der Waals surface area contributed by atoms with E-state index in [1.807, 2.05) is 17.7 Å². The van der Waals surface area contributed by atoms with E-state index in [1.54, 1.807) is 0 Å². The van der Waals surface area contributed by atoms with Gasteiger partial charge in [-0.05, 0) is 86.6 Å². The molecule has 10 heteroatoms. The van der Waals surface area contributed by atoms with E-state index in [4.69, 9.17) is 14.6 Å². The van der Waals surface area contributed by atoms with E-state index in [0.29, 0.717) is 39.2 Å². The van der Waals surface area contributed by atoms with Gasteiger partial charge in [-0.2, -0.15) is 0 Å². The number of aromatic nitrogens is 3. The van der Waals surface area contributed by atoms with Crippen LogP contribution in [-0.4, -0.2) is 82.9 Å². The van der Waals surface area contributed by atoms with E-state index in [1.165, 1.54) is 11.1 Å². The van der Waals surface area contributed by atoms with E-state index in [-0.39, 0.29) is 24.2 Å². The number of piperidine rings is 1. The van der Waals surface area contributed by atoms with Crippen LogP contribution in [0.2, 0.25) is 0 Å². The molecule has 0 spiro atoms. The van der Waals surface area contributed by atoms with Gasteiger partial charge in [-0.15, -0.1) is 5.10 Å². The number of benzene rings is 2. The van der Waals surface area contributed by atoms with Gasteiger partial charge in [-0.1, -0.05) is 29.5 Å². The van der Waals surface area contributed by atoms with E-state index < -0.39 is 5.97 Å². The van der Waals surface area contributed by atoms with E-state index in [2.05, 4.69) is 51.7 Å². The number of aryl methyl sites for hydroxylation is 1. The summed E-state index contributed by atoms with van der Waals surface area (Å²) in [6, 6.07) is 10.7. The van der Waals surface area contributed by atoms with Crippen molar-refractivity contribution in [2.45, 2.75) is 58.5 Å². The minimum atomic E-state index is -0.686. The highest BCUT2D eigenvalue weighted by atomic mass is 16.5. The maximum atomic E-state index is 12.7. The summed E-state index contributed by atoms with van der Waals surface area (Å²) in [5.41, 5.74) is 7.61. The van der Waals surface area contributed by atoms with Crippen LogP contribution < -0.4 is 5.32 Å². The quantitative estimate of drug-likeness (QED) is 0.253. The van der Waals surface area contributed by atoms with Crippen LogP contribution in [0.25, 0.3) is 11.0 Å². The fourth-order valence-corrected chi connectivity index (χ4v) is 6.09. The molecule has 0 saturated carbocycles. The number of carbonyl (C=O) groups excluding carboxylic acids is 1. The minimum Gasteiger partial charge on any atom is -0.481 e. The van der Waals surface area contributed by atoms with Gasteiger partial charge in [0.1, 0.15) is 5.52 Å². The lowest BCUT2D eigenvalue weighted by molar-refractivity contribution is -0.144. The topological polar surface area (TPSA) is 119 Å².